The van der Waals surface area contributed by atoms with E-state index in [2.05, 4.69) is 36.4 Å². The summed E-state index contributed by atoms with van der Waals surface area (Å²) in [5.74, 6) is 0. The molecule has 6 heteroatoms. The first kappa shape index (κ1) is 30.6. The molecular formula is C43H28Cl2N2O2. The number of hydrogen-bond acceptors (Lipinski definition) is 4. The first-order valence-corrected chi connectivity index (χ1v) is 16.6. The van der Waals surface area contributed by atoms with Gasteiger partial charge in [-0.1, -0.05) is 108 Å². The fraction of sp³-hybridized carbons (Fsp3) is 0.0233. The molecule has 0 N–H and O–H groups in total. The molecule has 8 rings (SSSR count). The van der Waals surface area contributed by atoms with Crippen molar-refractivity contribution in [2.75, 3.05) is 0 Å². The van der Waals surface area contributed by atoms with Gasteiger partial charge in [0.05, 0.1) is 11.4 Å². The van der Waals surface area contributed by atoms with Crippen molar-refractivity contribution < 1.29 is 8.83 Å². The molecule has 0 unspecified atom stereocenters. The molecule has 0 amide bonds. The van der Waals surface area contributed by atoms with Crippen LogP contribution in [-0.4, -0.2) is 0 Å². The summed E-state index contributed by atoms with van der Waals surface area (Å²) in [6.45, 7) is 0. The number of fused-ring (bicyclic) bond motifs is 2. The van der Waals surface area contributed by atoms with E-state index in [1.807, 2.05) is 121 Å². The number of benzene rings is 6. The van der Waals surface area contributed by atoms with E-state index < -0.39 is 0 Å². The number of nitrogens with zero attached hydrogens (tertiary/aromatic N) is 2. The number of para-hydroxylation sites is 2. The molecule has 0 aliphatic rings. The molecule has 2 heterocycles. The maximum Gasteiger partial charge on any atom is 0.227 e. The van der Waals surface area contributed by atoms with Crippen molar-refractivity contribution in [2.24, 2.45) is 9.98 Å². The van der Waals surface area contributed by atoms with Gasteiger partial charge in [-0.15, -0.1) is 0 Å². The molecule has 0 aliphatic heterocycles. The monoisotopic (exact) mass is 674 g/mol. The van der Waals surface area contributed by atoms with Crippen LogP contribution in [0.25, 0.3) is 44.2 Å². The molecule has 0 fully saturated rings. The van der Waals surface area contributed by atoms with Crippen molar-refractivity contribution in [3.8, 4) is 22.3 Å². The Hall–Kier alpha value is -5.68. The zero-order valence-electron chi connectivity index (χ0n) is 26.2. The van der Waals surface area contributed by atoms with Gasteiger partial charge in [-0.05, 0) is 101 Å². The molecule has 0 bridgehead atoms. The first-order valence-electron chi connectivity index (χ1n) is 15.9. The molecule has 0 aliphatic carbocycles. The smallest absolute Gasteiger partial charge is 0.227 e. The molecule has 0 spiro atoms. The maximum absolute atomic E-state index is 6.30. The lowest BCUT2D eigenvalue weighted by atomic mass is 10.0. The van der Waals surface area contributed by atoms with Gasteiger partial charge in [-0.25, -0.2) is 9.98 Å². The summed E-state index contributed by atoms with van der Waals surface area (Å²) in [7, 11) is 0. The topological polar surface area (TPSA) is 51.0 Å². The van der Waals surface area contributed by atoms with E-state index in [9.17, 15) is 0 Å². The van der Waals surface area contributed by atoms with Gasteiger partial charge >= 0.3 is 0 Å². The van der Waals surface area contributed by atoms with Crippen LogP contribution in [0.2, 0.25) is 10.0 Å². The highest BCUT2D eigenvalue weighted by Gasteiger charge is 2.09. The summed E-state index contributed by atoms with van der Waals surface area (Å²) in [6, 6.07) is 52.1. The molecule has 0 atom stereocenters. The molecule has 49 heavy (non-hydrogen) atoms. The van der Waals surface area contributed by atoms with Crippen molar-refractivity contribution in [3.05, 3.63) is 190 Å². The molecule has 0 radical (unpaired) electrons. The third kappa shape index (κ3) is 6.84. The van der Waals surface area contributed by atoms with Crippen molar-refractivity contribution in [1.29, 1.82) is 0 Å². The Morgan fingerprint density at radius 1 is 0.429 bits per heavy atom. The van der Waals surface area contributed by atoms with E-state index in [-0.39, 0.29) is 0 Å². The maximum atomic E-state index is 6.30. The molecule has 236 valence electrons. The minimum Gasteiger partial charge on any atom is -0.438 e. The van der Waals surface area contributed by atoms with Crippen molar-refractivity contribution >= 4 is 56.5 Å². The Morgan fingerprint density at radius 2 is 0.816 bits per heavy atom. The minimum absolute atomic E-state index is 0.547. The molecular weight excluding hydrogens is 647 g/mol. The van der Waals surface area contributed by atoms with Gasteiger partial charge in [0.1, 0.15) is 11.2 Å². The number of rotatable bonds is 6. The van der Waals surface area contributed by atoms with Gasteiger partial charge < -0.3 is 8.83 Å². The van der Waals surface area contributed by atoms with E-state index in [1.165, 1.54) is 11.1 Å². The van der Waals surface area contributed by atoms with Crippen LogP contribution in [0.4, 0.5) is 11.4 Å². The average Bonchev–Trinajstić information content (AvgIpc) is 3.13. The average molecular weight is 676 g/mol. The first-order chi connectivity index (χ1) is 24.0. The third-order valence-electron chi connectivity index (χ3n) is 8.36. The molecule has 2 aromatic heterocycles. The largest absolute Gasteiger partial charge is 0.438 e. The zero-order chi connectivity index (χ0) is 33.2. The third-order valence-corrected chi connectivity index (χ3v) is 8.87. The summed E-state index contributed by atoms with van der Waals surface area (Å²) in [6.07, 6.45) is 0.771. The Bertz CT molecular complexity index is 2390. The fourth-order valence-electron chi connectivity index (χ4n) is 5.82. The molecule has 6 aromatic carbocycles. The van der Waals surface area contributed by atoms with Crippen LogP contribution in [0, 0.1) is 0 Å². The Kier molecular flexibility index (Phi) is 8.40. The molecule has 0 saturated carbocycles. The Labute approximate surface area is 292 Å². The van der Waals surface area contributed by atoms with Crippen LogP contribution in [0.3, 0.4) is 0 Å². The fourth-order valence-corrected chi connectivity index (χ4v) is 6.08. The van der Waals surface area contributed by atoms with Crippen LogP contribution in [-0.2, 0) is 6.42 Å². The summed E-state index contributed by atoms with van der Waals surface area (Å²) < 4.78 is 12.6. The number of halogens is 2. The van der Waals surface area contributed by atoms with Crippen LogP contribution < -0.4 is 11.1 Å². The summed E-state index contributed by atoms with van der Waals surface area (Å²) in [5.41, 5.74) is 10.4. The second-order valence-corrected chi connectivity index (χ2v) is 12.6. The highest BCUT2D eigenvalue weighted by atomic mass is 35.5. The normalized spacial score (nSPS) is 12.2. The Morgan fingerprint density at radius 3 is 1.22 bits per heavy atom. The second-order valence-electron chi connectivity index (χ2n) is 11.8. The van der Waals surface area contributed by atoms with E-state index in [4.69, 9.17) is 42.0 Å². The van der Waals surface area contributed by atoms with Gasteiger partial charge in [0, 0.05) is 31.9 Å². The van der Waals surface area contributed by atoms with E-state index in [0.717, 1.165) is 62.0 Å². The van der Waals surface area contributed by atoms with E-state index in [1.54, 1.807) is 0 Å². The predicted octanol–water partition coefficient (Wildman–Crippen LogP) is 11.9. The summed E-state index contributed by atoms with van der Waals surface area (Å²) in [4.78, 5) is 9.83. The quantitative estimate of drug-likeness (QED) is 0.176. The number of hydrogen-bond donors (Lipinski definition) is 0. The van der Waals surface area contributed by atoms with Crippen LogP contribution in [0.1, 0.15) is 11.1 Å². The summed E-state index contributed by atoms with van der Waals surface area (Å²) >= 11 is 12.3. The van der Waals surface area contributed by atoms with E-state index in [0.29, 0.717) is 21.2 Å². The lowest BCUT2D eigenvalue weighted by Crippen LogP contribution is -2.05. The lowest BCUT2D eigenvalue weighted by molar-refractivity contribution is 0.547. The molecule has 0 saturated heterocycles. The van der Waals surface area contributed by atoms with Gasteiger partial charge in [0.2, 0.25) is 11.1 Å². The van der Waals surface area contributed by atoms with Crippen molar-refractivity contribution in [3.63, 3.8) is 0 Å². The van der Waals surface area contributed by atoms with Gasteiger partial charge in [0.25, 0.3) is 0 Å². The van der Waals surface area contributed by atoms with E-state index >= 15 is 0 Å². The highest BCUT2D eigenvalue weighted by molar-refractivity contribution is 6.30. The van der Waals surface area contributed by atoms with Crippen molar-refractivity contribution in [1.82, 2.24) is 0 Å². The Balaban J connectivity index is 1.06. The van der Waals surface area contributed by atoms with Gasteiger partial charge in [-0.3, -0.25) is 0 Å². The SMILES string of the molecule is Clc1ccc(-c2cc3ccccc3oc2=Nc2ccc(Cc3ccc(N=c4oc5ccccc5cc4-c4ccc(Cl)cc4)cc3)cc2)cc1. The lowest BCUT2D eigenvalue weighted by Gasteiger charge is -2.07. The standard InChI is InChI=1S/C43H28Cl2N2O2/c44-34-17-13-30(14-18-34)38-26-32-5-1-3-7-40(32)48-42(38)46-36-21-9-28(10-22-36)25-29-11-23-37(24-12-29)47-43-39(31-15-19-35(45)20-16-31)27-33-6-2-4-8-41(33)49-43/h1-24,26-27H,25H2. The zero-order valence-corrected chi connectivity index (χ0v) is 27.7. The van der Waals surface area contributed by atoms with Crippen LogP contribution in [0.15, 0.2) is 177 Å². The molecule has 4 nitrogen and oxygen atoms in total. The van der Waals surface area contributed by atoms with Gasteiger partial charge in [0.15, 0.2) is 0 Å². The summed E-state index contributed by atoms with van der Waals surface area (Å²) in [5, 5.41) is 3.38. The van der Waals surface area contributed by atoms with Crippen LogP contribution >= 0.6 is 23.2 Å². The van der Waals surface area contributed by atoms with Gasteiger partial charge in [-0.2, -0.15) is 0 Å². The predicted molar refractivity (Wildman–Crippen MR) is 199 cm³/mol. The van der Waals surface area contributed by atoms with Crippen molar-refractivity contribution in [2.45, 2.75) is 6.42 Å². The highest BCUT2D eigenvalue weighted by Crippen LogP contribution is 2.26. The second kappa shape index (κ2) is 13.4. The molecule has 8 aromatic rings. The van der Waals surface area contributed by atoms with Crippen LogP contribution in [0.5, 0.6) is 0 Å². The minimum atomic E-state index is 0.547.